The summed E-state index contributed by atoms with van der Waals surface area (Å²) in [6.07, 6.45) is 0. The zero-order chi connectivity index (χ0) is 21.0. The van der Waals surface area contributed by atoms with Crippen molar-refractivity contribution in [3.63, 3.8) is 0 Å². The number of fused-ring (bicyclic) bond motifs is 1. The number of likely N-dealkylation sites (N-methyl/N-ethyl adjacent to an activating group) is 1. The average Bonchev–Trinajstić information content (AvgIpc) is 3.17. The summed E-state index contributed by atoms with van der Waals surface area (Å²) in [4.78, 5) is 22.4. The SMILES string of the molecule is CCN(CC)CCN(C(=O)c1cccc(C)c1)c1nc2c(OC)ccc(C)c2s1. The van der Waals surface area contributed by atoms with Crippen molar-refractivity contribution in [2.75, 3.05) is 38.2 Å². The summed E-state index contributed by atoms with van der Waals surface area (Å²) >= 11 is 1.55. The number of carbonyl (C=O) groups is 1. The van der Waals surface area contributed by atoms with Gasteiger partial charge in [-0.25, -0.2) is 4.98 Å². The number of rotatable bonds is 8. The van der Waals surface area contributed by atoms with Gasteiger partial charge in [-0.3, -0.25) is 9.69 Å². The Morgan fingerprint density at radius 2 is 1.86 bits per heavy atom. The lowest BCUT2D eigenvalue weighted by atomic mass is 10.1. The van der Waals surface area contributed by atoms with Crippen LogP contribution in [0.3, 0.4) is 0 Å². The molecule has 29 heavy (non-hydrogen) atoms. The van der Waals surface area contributed by atoms with E-state index in [-0.39, 0.29) is 5.91 Å². The molecule has 1 aromatic heterocycles. The number of aromatic nitrogens is 1. The van der Waals surface area contributed by atoms with Crippen LogP contribution >= 0.6 is 11.3 Å². The fraction of sp³-hybridized carbons (Fsp3) is 0.391. The van der Waals surface area contributed by atoms with Gasteiger partial charge in [0.25, 0.3) is 5.91 Å². The van der Waals surface area contributed by atoms with Crippen molar-refractivity contribution in [2.24, 2.45) is 0 Å². The zero-order valence-electron chi connectivity index (χ0n) is 17.9. The van der Waals surface area contributed by atoms with E-state index in [1.54, 1.807) is 18.4 Å². The molecule has 5 nitrogen and oxygen atoms in total. The molecule has 1 amide bonds. The molecule has 0 spiro atoms. The van der Waals surface area contributed by atoms with E-state index in [4.69, 9.17) is 9.72 Å². The molecule has 0 bridgehead atoms. The number of thiazole rings is 1. The van der Waals surface area contributed by atoms with Gasteiger partial charge in [-0.1, -0.05) is 48.9 Å². The van der Waals surface area contributed by atoms with Gasteiger partial charge in [0.05, 0.1) is 11.8 Å². The normalized spacial score (nSPS) is 11.2. The fourth-order valence-corrected chi connectivity index (χ4v) is 4.45. The highest BCUT2D eigenvalue weighted by Crippen LogP contribution is 2.36. The molecule has 0 aliphatic rings. The first kappa shape index (κ1) is 21.3. The molecule has 0 saturated carbocycles. The molecule has 0 atom stereocenters. The first-order valence-corrected chi connectivity index (χ1v) is 10.8. The Labute approximate surface area is 176 Å². The Kier molecular flexibility index (Phi) is 6.87. The number of amides is 1. The Morgan fingerprint density at radius 3 is 2.52 bits per heavy atom. The van der Waals surface area contributed by atoms with Gasteiger partial charge in [0.2, 0.25) is 0 Å². The van der Waals surface area contributed by atoms with Crippen LogP contribution in [0.1, 0.15) is 35.3 Å². The molecular weight excluding hydrogens is 382 g/mol. The largest absolute Gasteiger partial charge is 0.494 e. The Bertz CT molecular complexity index is 995. The highest BCUT2D eigenvalue weighted by molar-refractivity contribution is 7.22. The number of aryl methyl sites for hydroxylation is 2. The highest BCUT2D eigenvalue weighted by atomic mass is 32.1. The van der Waals surface area contributed by atoms with E-state index < -0.39 is 0 Å². The summed E-state index contributed by atoms with van der Waals surface area (Å²) in [6.45, 7) is 11.7. The maximum absolute atomic E-state index is 13.4. The van der Waals surface area contributed by atoms with Crippen LogP contribution in [0.15, 0.2) is 36.4 Å². The molecular formula is C23H29N3O2S. The maximum atomic E-state index is 13.4. The van der Waals surface area contributed by atoms with Gasteiger partial charge in [-0.15, -0.1) is 0 Å². The van der Waals surface area contributed by atoms with Gasteiger partial charge in [-0.2, -0.15) is 0 Å². The van der Waals surface area contributed by atoms with Crippen molar-refractivity contribution < 1.29 is 9.53 Å². The molecule has 0 radical (unpaired) electrons. The zero-order valence-corrected chi connectivity index (χ0v) is 18.7. The van der Waals surface area contributed by atoms with Crippen LogP contribution in [0.25, 0.3) is 10.2 Å². The third kappa shape index (κ3) is 4.60. The van der Waals surface area contributed by atoms with E-state index in [9.17, 15) is 4.79 Å². The molecule has 154 valence electrons. The van der Waals surface area contributed by atoms with Crippen molar-refractivity contribution in [1.29, 1.82) is 0 Å². The summed E-state index contributed by atoms with van der Waals surface area (Å²) in [5.74, 6) is 0.719. The molecule has 2 aromatic carbocycles. The molecule has 0 unspecified atom stereocenters. The van der Waals surface area contributed by atoms with Crippen LogP contribution < -0.4 is 9.64 Å². The second-order valence-corrected chi connectivity index (χ2v) is 8.09. The van der Waals surface area contributed by atoms with Crippen molar-refractivity contribution in [3.05, 3.63) is 53.1 Å². The quantitative estimate of drug-likeness (QED) is 0.528. The standard InChI is InChI=1S/C23H29N3O2S/c1-6-25(7-2)13-14-26(22(27)18-10-8-9-16(3)15-18)23-24-20-19(28-5)12-11-17(4)21(20)29-23/h8-12,15H,6-7,13-14H2,1-5H3. The predicted octanol–water partition coefficient (Wildman–Crippen LogP) is 4.91. The second kappa shape index (κ2) is 9.37. The van der Waals surface area contributed by atoms with Crippen LogP contribution in [-0.2, 0) is 0 Å². The monoisotopic (exact) mass is 411 g/mol. The summed E-state index contributed by atoms with van der Waals surface area (Å²) < 4.78 is 6.56. The van der Waals surface area contributed by atoms with Gasteiger partial charge < -0.3 is 9.64 Å². The lowest BCUT2D eigenvalue weighted by molar-refractivity contribution is 0.0983. The Balaban J connectivity index is 2.03. The van der Waals surface area contributed by atoms with Crippen LogP contribution in [0.4, 0.5) is 5.13 Å². The summed E-state index contributed by atoms with van der Waals surface area (Å²) in [7, 11) is 1.65. The highest BCUT2D eigenvalue weighted by Gasteiger charge is 2.23. The second-order valence-electron chi connectivity index (χ2n) is 7.11. The molecule has 0 saturated heterocycles. The Hall–Kier alpha value is -2.44. The van der Waals surface area contributed by atoms with Crippen molar-refractivity contribution in [3.8, 4) is 5.75 Å². The third-order valence-electron chi connectivity index (χ3n) is 5.19. The smallest absolute Gasteiger partial charge is 0.260 e. The number of nitrogens with zero attached hydrogens (tertiary/aromatic N) is 3. The number of benzene rings is 2. The molecule has 3 rings (SSSR count). The maximum Gasteiger partial charge on any atom is 0.260 e. The molecule has 1 heterocycles. The van der Waals surface area contributed by atoms with Crippen LogP contribution in [0.2, 0.25) is 0 Å². The topological polar surface area (TPSA) is 45.7 Å². The van der Waals surface area contributed by atoms with Gasteiger partial charge in [-0.05, 0) is 50.7 Å². The van der Waals surface area contributed by atoms with Crippen LogP contribution in [0.5, 0.6) is 5.75 Å². The number of carbonyl (C=O) groups excluding carboxylic acids is 1. The van der Waals surface area contributed by atoms with E-state index in [2.05, 4.69) is 25.7 Å². The van der Waals surface area contributed by atoms with Crippen molar-refractivity contribution in [2.45, 2.75) is 27.7 Å². The van der Waals surface area contributed by atoms with Gasteiger partial charge in [0.1, 0.15) is 11.3 Å². The molecule has 0 N–H and O–H groups in total. The molecule has 0 aliphatic carbocycles. The first-order valence-electron chi connectivity index (χ1n) is 10.0. The van der Waals surface area contributed by atoms with Gasteiger partial charge in [0, 0.05) is 18.7 Å². The van der Waals surface area contributed by atoms with E-state index in [0.717, 1.165) is 46.7 Å². The summed E-state index contributed by atoms with van der Waals surface area (Å²) in [5.41, 5.74) is 3.71. The lowest BCUT2D eigenvalue weighted by Crippen LogP contribution is -2.38. The number of anilines is 1. The van der Waals surface area contributed by atoms with Crippen molar-refractivity contribution >= 4 is 32.6 Å². The van der Waals surface area contributed by atoms with E-state index in [0.29, 0.717) is 17.2 Å². The van der Waals surface area contributed by atoms with Crippen molar-refractivity contribution in [1.82, 2.24) is 9.88 Å². The van der Waals surface area contributed by atoms with Gasteiger partial charge >= 0.3 is 0 Å². The van der Waals surface area contributed by atoms with Crippen LogP contribution in [-0.4, -0.2) is 49.1 Å². The Morgan fingerprint density at radius 1 is 1.10 bits per heavy atom. The third-order valence-corrected chi connectivity index (χ3v) is 6.40. The minimum Gasteiger partial charge on any atom is -0.494 e. The summed E-state index contributed by atoms with van der Waals surface area (Å²) in [5, 5.41) is 0.714. The molecule has 0 fully saturated rings. The molecule has 3 aromatic rings. The number of ether oxygens (including phenoxy) is 1. The van der Waals surface area contributed by atoms with E-state index >= 15 is 0 Å². The predicted molar refractivity (Wildman–Crippen MR) is 122 cm³/mol. The minimum atomic E-state index is -0.0171. The molecule has 6 heteroatoms. The number of hydrogen-bond acceptors (Lipinski definition) is 5. The number of hydrogen-bond donors (Lipinski definition) is 0. The fourth-order valence-electron chi connectivity index (χ4n) is 3.38. The average molecular weight is 412 g/mol. The molecule has 0 aliphatic heterocycles. The minimum absolute atomic E-state index is 0.0171. The first-order chi connectivity index (χ1) is 14.0. The van der Waals surface area contributed by atoms with E-state index in [1.807, 2.05) is 48.2 Å². The lowest BCUT2D eigenvalue weighted by Gasteiger charge is -2.24. The van der Waals surface area contributed by atoms with Gasteiger partial charge in [0.15, 0.2) is 5.13 Å². The van der Waals surface area contributed by atoms with E-state index in [1.165, 1.54) is 0 Å². The number of methoxy groups -OCH3 is 1. The summed E-state index contributed by atoms with van der Waals surface area (Å²) in [6, 6.07) is 11.7. The van der Waals surface area contributed by atoms with Crippen LogP contribution in [0, 0.1) is 13.8 Å².